The molecule has 2 aromatic carbocycles. The summed E-state index contributed by atoms with van der Waals surface area (Å²) in [6, 6.07) is 10.8. The number of halogens is 1. The van der Waals surface area contributed by atoms with Crippen LogP contribution in [-0.2, 0) is 9.59 Å². The Morgan fingerprint density at radius 3 is 2.29 bits per heavy atom. The molecule has 8 nitrogen and oxygen atoms in total. The average molecular weight is 477 g/mol. The highest BCUT2D eigenvalue weighted by atomic mass is 19.1. The number of nitrogens with zero attached hydrogens (tertiary/aromatic N) is 1. The van der Waals surface area contributed by atoms with E-state index in [4.69, 9.17) is 14.2 Å². The molecule has 5 rings (SSSR count). The third-order valence-corrected chi connectivity index (χ3v) is 6.35. The van der Waals surface area contributed by atoms with E-state index in [1.165, 1.54) is 24.3 Å². The quantitative estimate of drug-likeness (QED) is 0.477. The fraction of sp³-hybridized carbons (Fsp3) is 0.269. The molecule has 35 heavy (non-hydrogen) atoms. The van der Waals surface area contributed by atoms with Crippen LogP contribution in [0.2, 0.25) is 0 Å². The Kier molecular flexibility index (Phi) is 5.76. The molecule has 0 saturated heterocycles. The van der Waals surface area contributed by atoms with E-state index in [0.717, 1.165) is 5.39 Å². The van der Waals surface area contributed by atoms with Crippen LogP contribution < -0.4 is 24.8 Å². The van der Waals surface area contributed by atoms with Gasteiger partial charge in [0.05, 0.1) is 25.4 Å². The number of carbonyl (C=O) groups excluding carboxylic acids is 2. The van der Waals surface area contributed by atoms with E-state index in [2.05, 4.69) is 15.6 Å². The first-order valence-electron chi connectivity index (χ1n) is 11.2. The highest BCUT2D eigenvalue weighted by Crippen LogP contribution is 2.47. The van der Waals surface area contributed by atoms with Crippen molar-refractivity contribution in [3.05, 3.63) is 66.3 Å². The second kappa shape index (κ2) is 8.90. The van der Waals surface area contributed by atoms with Gasteiger partial charge in [-0.25, -0.2) is 4.39 Å². The Hall–Kier alpha value is -4.14. The van der Waals surface area contributed by atoms with Gasteiger partial charge in [0.25, 0.3) is 0 Å². The number of hydrogen-bond acceptors (Lipinski definition) is 6. The summed E-state index contributed by atoms with van der Waals surface area (Å²) in [6.45, 7) is 0. The van der Waals surface area contributed by atoms with Crippen molar-refractivity contribution in [2.24, 2.45) is 5.41 Å². The van der Waals surface area contributed by atoms with Crippen molar-refractivity contribution in [3.63, 3.8) is 0 Å². The van der Waals surface area contributed by atoms with Crippen LogP contribution in [0.25, 0.3) is 10.9 Å². The van der Waals surface area contributed by atoms with Crippen molar-refractivity contribution in [1.29, 1.82) is 0 Å². The normalized spacial score (nSPS) is 17.6. The molecule has 0 radical (unpaired) electrons. The minimum Gasteiger partial charge on any atom is -0.493 e. The van der Waals surface area contributed by atoms with Gasteiger partial charge < -0.3 is 24.8 Å². The van der Waals surface area contributed by atoms with E-state index in [1.807, 2.05) is 6.08 Å². The Bertz CT molecular complexity index is 1330. The molecule has 2 N–H and O–H groups in total. The molecule has 1 fully saturated rings. The number of rotatable bonds is 8. The van der Waals surface area contributed by atoms with Gasteiger partial charge in [-0.2, -0.15) is 0 Å². The Morgan fingerprint density at radius 2 is 1.66 bits per heavy atom. The summed E-state index contributed by atoms with van der Waals surface area (Å²) < 4.78 is 30.1. The first-order valence-corrected chi connectivity index (χ1v) is 11.2. The Balaban J connectivity index is 1.27. The molecule has 1 heterocycles. The molecule has 1 saturated carbocycles. The molecule has 0 bridgehead atoms. The first-order chi connectivity index (χ1) is 16.9. The maximum absolute atomic E-state index is 13.1. The van der Waals surface area contributed by atoms with Crippen LogP contribution in [0.3, 0.4) is 0 Å². The topological polar surface area (TPSA) is 98.8 Å². The molecule has 3 aromatic rings. The fourth-order valence-electron chi connectivity index (χ4n) is 4.00. The first kappa shape index (κ1) is 22.6. The van der Waals surface area contributed by atoms with Crippen LogP contribution in [0.4, 0.5) is 10.1 Å². The summed E-state index contributed by atoms with van der Waals surface area (Å²) in [5, 5.41) is 6.33. The zero-order valence-electron chi connectivity index (χ0n) is 19.3. The predicted molar refractivity (Wildman–Crippen MR) is 127 cm³/mol. The van der Waals surface area contributed by atoms with E-state index in [9.17, 15) is 14.0 Å². The lowest BCUT2D eigenvalue weighted by Crippen LogP contribution is -2.44. The summed E-state index contributed by atoms with van der Waals surface area (Å²) in [7, 11) is 3.12. The molecule has 2 aliphatic rings. The molecule has 0 spiro atoms. The van der Waals surface area contributed by atoms with Gasteiger partial charge in [0.2, 0.25) is 11.8 Å². The maximum Gasteiger partial charge on any atom is 0.240 e. The Morgan fingerprint density at radius 1 is 0.971 bits per heavy atom. The average Bonchev–Trinajstić information content (AvgIpc) is 3.68. The van der Waals surface area contributed by atoms with Crippen LogP contribution in [0.1, 0.15) is 19.3 Å². The number of ether oxygens (including phenoxy) is 3. The lowest BCUT2D eigenvalue weighted by Gasteiger charge is -2.30. The SMILES string of the molecule is COc1cc2nccc(O[C@H]3CC=C3NC(=O)C3(C(=O)Nc4ccc(F)cc4)CC3)c2cc1OC. The van der Waals surface area contributed by atoms with Crippen LogP contribution in [0.15, 0.2) is 60.4 Å². The van der Waals surface area contributed by atoms with Gasteiger partial charge in [-0.1, -0.05) is 6.08 Å². The molecular weight excluding hydrogens is 453 g/mol. The molecule has 2 amide bonds. The van der Waals surface area contributed by atoms with E-state index in [1.54, 1.807) is 38.6 Å². The summed E-state index contributed by atoms with van der Waals surface area (Å²) in [5.74, 6) is 0.538. The van der Waals surface area contributed by atoms with Gasteiger partial charge in [0, 0.05) is 29.8 Å². The molecule has 2 aliphatic carbocycles. The predicted octanol–water partition coefficient (Wildman–Crippen LogP) is 3.96. The van der Waals surface area contributed by atoms with Gasteiger partial charge in [0.15, 0.2) is 11.5 Å². The van der Waals surface area contributed by atoms with E-state index in [0.29, 0.717) is 53.4 Å². The highest BCUT2D eigenvalue weighted by molar-refractivity contribution is 6.13. The van der Waals surface area contributed by atoms with E-state index in [-0.39, 0.29) is 12.0 Å². The van der Waals surface area contributed by atoms with E-state index >= 15 is 0 Å². The van der Waals surface area contributed by atoms with Crippen LogP contribution in [0, 0.1) is 11.2 Å². The molecule has 180 valence electrons. The molecule has 0 aliphatic heterocycles. The fourth-order valence-corrected chi connectivity index (χ4v) is 4.00. The number of anilines is 1. The Labute approximate surface area is 201 Å². The summed E-state index contributed by atoms with van der Waals surface area (Å²) in [5.41, 5.74) is 0.601. The van der Waals surface area contributed by atoms with Crippen LogP contribution in [-0.4, -0.2) is 37.1 Å². The van der Waals surface area contributed by atoms with Crippen LogP contribution in [0.5, 0.6) is 17.2 Å². The molecule has 1 aromatic heterocycles. The van der Waals surface area contributed by atoms with Gasteiger partial charge in [0.1, 0.15) is 23.1 Å². The van der Waals surface area contributed by atoms with Crippen molar-refractivity contribution in [2.75, 3.05) is 19.5 Å². The van der Waals surface area contributed by atoms with Crippen molar-refractivity contribution in [2.45, 2.75) is 25.4 Å². The van der Waals surface area contributed by atoms with Crippen LogP contribution >= 0.6 is 0 Å². The third kappa shape index (κ3) is 4.25. The van der Waals surface area contributed by atoms with Crippen molar-refractivity contribution < 1.29 is 28.2 Å². The molecule has 1 atom stereocenters. The molecule has 0 unspecified atom stereocenters. The number of nitrogens with one attached hydrogen (secondary N) is 2. The summed E-state index contributed by atoms with van der Waals surface area (Å²) in [4.78, 5) is 30.2. The second-order valence-electron chi connectivity index (χ2n) is 8.53. The van der Waals surface area contributed by atoms with Gasteiger partial charge in [-0.05, 0) is 49.2 Å². The van der Waals surface area contributed by atoms with Gasteiger partial charge in [-0.3, -0.25) is 14.6 Å². The van der Waals surface area contributed by atoms with Crippen molar-refractivity contribution >= 4 is 28.4 Å². The molecule has 9 heteroatoms. The second-order valence-corrected chi connectivity index (χ2v) is 8.53. The zero-order valence-corrected chi connectivity index (χ0v) is 19.3. The number of fused-ring (bicyclic) bond motifs is 1. The minimum atomic E-state index is -1.14. The van der Waals surface area contributed by atoms with Gasteiger partial charge in [-0.15, -0.1) is 0 Å². The number of benzene rings is 2. The number of carbonyl (C=O) groups is 2. The molecular formula is C26H24FN3O5. The number of amides is 2. The minimum absolute atomic E-state index is 0.367. The van der Waals surface area contributed by atoms with Gasteiger partial charge >= 0.3 is 0 Å². The summed E-state index contributed by atoms with van der Waals surface area (Å²) in [6.07, 6.45) is 4.64. The van der Waals surface area contributed by atoms with Crippen molar-refractivity contribution in [1.82, 2.24) is 10.3 Å². The maximum atomic E-state index is 13.1. The largest absolute Gasteiger partial charge is 0.493 e. The highest BCUT2D eigenvalue weighted by Gasteiger charge is 2.57. The standard InChI is InChI=1S/C26H24FN3O5/c1-33-22-13-17-19(14-23(22)34-2)28-12-9-20(17)35-21-8-7-18(21)30-25(32)26(10-11-26)24(31)29-16-5-3-15(27)4-6-16/h3-7,9,12-14,21H,8,10-11H2,1-2H3,(H,29,31)(H,30,32)/t21-/m0/s1. The smallest absolute Gasteiger partial charge is 0.240 e. The zero-order chi connectivity index (χ0) is 24.6. The monoisotopic (exact) mass is 477 g/mol. The lowest BCUT2D eigenvalue weighted by atomic mass is 9.99. The number of methoxy groups -OCH3 is 2. The van der Waals surface area contributed by atoms with E-state index < -0.39 is 17.1 Å². The number of hydrogen-bond donors (Lipinski definition) is 2. The van der Waals surface area contributed by atoms with Crippen molar-refractivity contribution in [3.8, 4) is 17.2 Å². The number of aromatic nitrogens is 1. The lowest BCUT2D eigenvalue weighted by molar-refractivity contribution is -0.134. The third-order valence-electron chi connectivity index (χ3n) is 6.35. The number of pyridine rings is 1. The summed E-state index contributed by atoms with van der Waals surface area (Å²) >= 11 is 0.